The van der Waals surface area contributed by atoms with E-state index in [2.05, 4.69) is 20.6 Å². The van der Waals surface area contributed by atoms with E-state index in [-0.39, 0.29) is 5.91 Å². The average molecular weight is 320 g/mol. The van der Waals surface area contributed by atoms with Crippen molar-refractivity contribution in [2.75, 3.05) is 0 Å². The molecule has 0 spiro atoms. The summed E-state index contributed by atoms with van der Waals surface area (Å²) in [5.74, 6) is -0.178. The van der Waals surface area contributed by atoms with E-state index in [0.717, 1.165) is 5.69 Å². The number of carbonyl (C=O) groups is 1. The third-order valence-electron chi connectivity index (χ3n) is 2.68. The predicted octanol–water partition coefficient (Wildman–Crippen LogP) is 2.31. The molecule has 106 valence electrons. The highest BCUT2D eigenvalue weighted by atomic mass is 35.5. The van der Waals surface area contributed by atoms with Gasteiger partial charge in [0.05, 0.1) is 33.8 Å². The third-order valence-corrected chi connectivity index (χ3v) is 3.91. The maximum atomic E-state index is 11.9. The van der Waals surface area contributed by atoms with Crippen molar-refractivity contribution in [2.45, 2.75) is 6.54 Å². The molecule has 0 saturated heterocycles. The van der Waals surface area contributed by atoms with Crippen molar-refractivity contribution in [1.82, 2.24) is 25.3 Å². The quantitative estimate of drug-likeness (QED) is 0.801. The van der Waals surface area contributed by atoms with Crippen LogP contribution in [0.25, 0.3) is 5.69 Å². The molecule has 0 saturated carbocycles. The Bertz CT molecular complexity index is 755. The standard InChI is InChI=1S/C13H10ClN5OS/c14-12-4-3-11(21-12)13(20)16-6-9-8-19(18-17-9)10-2-1-5-15-7-10/h1-5,7-8H,6H2,(H,16,20). The number of nitrogens with one attached hydrogen (secondary N) is 1. The number of hydrogen-bond donors (Lipinski definition) is 1. The Morgan fingerprint density at radius 1 is 1.38 bits per heavy atom. The van der Waals surface area contributed by atoms with Gasteiger partial charge < -0.3 is 5.32 Å². The van der Waals surface area contributed by atoms with Crippen molar-refractivity contribution in [3.8, 4) is 5.69 Å². The molecule has 3 rings (SSSR count). The second kappa shape index (κ2) is 6.02. The molecule has 8 heteroatoms. The Balaban J connectivity index is 1.64. The molecule has 0 aliphatic heterocycles. The van der Waals surface area contributed by atoms with Gasteiger partial charge in [0.1, 0.15) is 5.69 Å². The maximum Gasteiger partial charge on any atom is 0.261 e. The number of hydrogen-bond acceptors (Lipinski definition) is 5. The summed E-state index contributed by atoms with van der Waals surface area (Å²) < 4.78 is 2.19. The van der Waals surface area contributed by atoms with E-state index in [4.69, 9.17) is 11.6 Å². The Hall–Kier alpha value is -2.25. The second-order valence-corrected chi connectivity index (χ2v) is 5.87. The van der Waals surface area contributed by atoms with E-state index < -0.39 is 0 Å². The van der Waals surface area contributed by atoms with Crippen molar-refractivity contribution in [3.05, 3.63) is 57.8 Å². The molecule has 21 heavy (non-hydrogen) atoms. The summed E-state index contributed by atoms with van der Waals surface area (Å²) >= 11 is 7.04. The first-order chi connectivity index (χ1) is 10.2. The maximum absolute atomic E-state index is 11.9. The van der Waals surface area contributed by atoms with Gasteiger partial charge in [-0.15, -0.1) is 16.4 Å². The van der Waals surface area contributed by atoms with E-state index >= 15 is 0 Å². The van der Waals surface area contributed by atoms with Gasteiger partial charge in [-0.1, -0.05) is 16.8 Å². The summed E-state index contributed by atoms with van der Waals surface area (Å²) in [5.41, 5.74) is 1.47. The minimum atomic E-state index is -0.178. The van der Waals surface area contributed by atoms with Crippen LogP contribution in [0.2, 0.25) is 4.34 Å². The van der Waals surface area contributed by atoms with Gasteiger partial charge >= 0.3 is 0 Å². The Labute approximate surface area is 129 Å². The summed E-state index contributed by atoms with van der Waals surface area (Å²) in [7, 11) is 0. The molecule has 0 atom stereocenters. The predicted molar refractivity (Wildman–Crippen MR) is 79.7 cm³/mol. The molecule has 0 fully saturated rings. The number of halogens is 1. The fourth-order valence-corrected chi connectivity index (χ4v) is 2.65. The van der Waals surface area contributed by atoms with Crippen molar-refractivity contribution < 1.29 is 4.79 Å². The molecule has 0 aliphatic carbocycles. The second-order valence-electron chi connectivity index (χ2n) is 4.15. The third kappa shape index (κ3) is 3.26. The van der Waals surface area contributed by atoms with E-state index in [1.165, 1.54) is 11.3 Å². The number of amides is 1. The Morgan fingerprint density at radius 3 is 3.00 bits per heavy atom. The average Bonchev–Trinajstić information content (AvgIpc) is 3.15. The Kier molecular flexibility index (Phi) is 3.94. The molecular weight excluding hydrogens is 310 g/mol. The molecule has 3 aromatic rings. The van der Waals surface area contributed by atoms with Crippen LogP contribution in [0, 0.1) is 0 Å². The summed E-state index contributed by atoms with van der Waals surface area (Å²) in [5, 5.41) is 10.8. The van der Waals surface area contributed by atoms with Gasteiger partial charge in [-0.2, -0.15) is 0 Å². The van der Waals surface area contributed by atoms with E-state index in [1.54, 1.807) is 35.4 Å². The van der Waals surface area contributed by atoms with Crippen LogP contribution in [0.5, 0.6) is 0 Å². The summed E-state index contributed by atoms with van der Waals surface area (Å²) in [6.07, 6.45) is 5.12. The number of pyridine rings is 1. The topological polar surface area (TPSA) is 72.7 Å². The van der Waals surface area contributed by atoms with Crippen LogP contribution < -0.4 is 5.32 Å². The van der Waals surface area contributed by atoms with Crippen LogP contribution in [0.3, 0.4) is 0 Å². The smallest absolute Gasteiger partial charge is 0.261 e. The molecule has 3 heterocycles. The van der Waals surface area contributed by atoms with Crippen LogP contribution in [0.15, 0.2) is 42.9 Å². The SMILES string of the molecule is O=C(NCc1cn(-c2cccnc2)nn1)c1ccc(Cl)s1. The zero-order valence-corrected chi connectivity index (χ0v) is 12.3. The van der Waals surface area contributed by atoms with Crippen molar-refractivity contribution in [1.29, 1.82) is 0 Å². The molecule has 0 radical (unpaired) electrons. The highest BCUT2D eigenvalue weighted by Crippen LogP contribution is 2.21. The minimum absolute atomic E-state index is 0.178. The summed E-state index contributed by atoms with van der Waals surface area (Å²) in [4.78, 5) is 16.5. The molecule has 0 aliphatic rings. The molecular formula is C13H10ClN5OS. The molecule has 0 unspecified atom stereocenters. The van der Waals surface area contributed by atoms with E-state index in [0.29, 0.717) is 21.5 Å². The zero-order valence-electron chi connectivity index (χ0n) is 10.7. The van der Waals surface area contributed by atoms with Gasteiger partial charge in [0.15, 0.2) is 0 Å². The van der Waals surface area contributed by atoms with Crippen LogP contribution in [-0.2, 0) is 6.54 Å². The largest absolute Gasteiger partial charge is 0.346 e. The Morgan fingerprint density at radius 2 is 2.29 bits per heavy atom. The lowest BCUT2D eigenvalue weighted by molar-refractivity contribution is 0.0954. The highest BCUT2D eigenvalue weighted by molar-refractivity contribution is 7.17. The van der Waals surface area contributed by atoms with Crippen molar-refractivity contribution >= 4 is 28.8 Å². The summed E-state index contributed by atoms with van der Waals surface area (Å²) in [6, 6.07) is 7.07. The first-order valence-electron chi connectivity index (χ1n) is 6.07. The highest BCUT2D eigenvalue weighted by Gasteiger charge is 2.09. The minimum Gasteiger partial charge on any atom is -0.346 e. The number of carbonyl (C=O) groups excluding carboxylic acids is 1. The van der Waals surface area contributed by atoms with E-state index in [1.807, 2.05) is 12.1 Å². The first-order valence-corrected chi connectivity index (χ1v) is 7.27. The molecule has 1 amide bonds. The monoisotopic (exact) mass is 319 g/mol. The lowest BCUT2D eigenvalue weighted by Gasteiger charge is -1.99. The lowest BCUT2D eigenvalue weighted by atomic mass is 10.4. The van der Waals surface area contributed by atoms with Crippen LogP contribution in [0.4, 0.5) is 0 Å². The van der Waals surface area contributed by atoms with Crippen LogP contribution in [0.1, 0.15) is 15.4 Å². The number of thiophene rings is 1. The van der Waals surface area contributed by atoms with Crippen LogP contribution in [-0.4, -0.2) is 25.9 Å². The number of rotatable bonds is 4. The summed E-state index contributed by atoms with van der Waals surface area (Å²) in [6.45, 7) is 0.300. The normalized spacial score (nSPS) is 10.5. The van der Waals surface area contributed by atoms with Gasteiger partial charge in [-0.25, -0.2) is 4.68 Å². The number of aromatic nitrogens is 4. The van der Waals surface area contributed by atoms with Gasteiger partial charge in [0.2, 0.25) is 0 Å². The lowest BCUT2D eigenvalue weighted by Crippen LogP contribution is -2.21. The van der Waals surface area contributed by atoms with Gasteiger partial charge in [-0.3, -0.25) is 9.78 Å². The van der Waals surface area contributed by atoms with Gasteiger partial charge in [-0.05, 0) is 24.3 Å². The van der Waals surface area contributed by atoms with Crippen LogP contribution >= 0.6 is 22.9 Å². The molecule has 3 aromatic heterocycles. The van der Waals surface area contributed by atoms with Gasteiger partial charge in [0, 0.05) is 6.20 Å². The molecule has 0 bridgehead atoms. The zero-order chi connectivity index (χ0) is 14.7. The fraction of sp³-hybridized carbons (Fsp3) is 0.0769. The molecule has 6 nitrogen and oxygen atoms in total. The molecule has 1 N–H and O–H groups in total. The first kappa shape index (κ1) is 13.7. The fourth-order valence-electron chi connectivity index (χ4n) is 1.69. The van der Waals surface area contributed by atoms with E-state index in [9.17, 15) is 4.79 Å². The van der Waals surface area contributed by atoms with Crippen molar-refractivity contribution in [2.24, 2.45) is 0 Å². The number of nitrogens with zero attached hydrogens (tertiary/aromatic N) is 4. The van der Waals surface area contributed by atoms with Gasteiger partial charge in [0.25, 0.3) is 5.91 Å². The molecule has 0 aromatic carbocycles. The van der Waals surface area contributed by atoms with Crippen molar-refractivity contribution in [3.63, 3.8) is 0 Å².